The van der Waals surface area contributed by atoms with Crippen molar-refractivity contribution in [2.45, 2.75) is 108 Å². The largest absolute Gasteiger partial charge is 0.459 e. The normalized spacial score (nSPS) is 42.6. The molecule has 5 N–H and O–H groups in total. The Balaban J connectivity index is 1.97. The van der Waals surface area contributed by atoms with Crippen LogP contribution < -0.4 is 0 Å². The van der Waals surface area contributed by atoms with Gasteiger partial charge < -0.3 is 44.5 Å². The molecule has 0 bridgehead atoms. The van der Waals surface area contributed by atoms with Crippen molar-refractivity contribution in [2.75, 3.05) is 13.2 Å². The molecule has 0 aromatic heterocycles. The van der Waals surface area contributed by atoms with Crippen molar-refractivity contribution in [3.8, 4) is 0 Å². The third-order valence-corrected chi connectivity index (χ3v) is 9.30. The molecule has 11 heteroatoms. The minimum absolute atomic E-state index is 0.0329. The molecule has 1 aliphatic heterocycles. The molecule has 1 heterocycles. The number of ether oxygens (including phenoxy) is 4. The van der Waals surface area contributed by atoms with Gasteiger partial charge in [-0.3, -0.25) is 4.79 Å². The molecule has 1 saturated heterocycles. The van der Waals surface area contributed by atoms with Gasteiger partial charge in [0.15, 0.2) is 0 Å². The van der Waals surface area contributed by atoms with Crippen molar-refractivity contribution >= 4 is 11.9 Å². The highest BCUT2D eigenvalue weighted by atomic mass is 16.6. The molecule has 44 heavy (non-hydrogen) atoms. The minimum Gasteiger partial charge on any atom is -0.459 e. The summed E-state index contributed by atoms with van der Waals surface area (Å²) in [4.78, 5) is 25.9. The molecule has 1 unspecified atom stereocenters. The lowest BCUT2D eigenvalue weighted by Crippen LogP contribution is -2.64. The zero-order chi connectivity index (χ0) is 32.8. The second-order valence-electron chi connectivity index (χ2n) is 14.1. The standard InChI is InChI=1S/C33H48O11/c1-18(2)15-41-28-22-27(43-20(4)34)31(7,39)16-32(22,40)26(44-29(38)21-11-9-8-10-12-21)19(3)13-14-30(5,6)24(36)23(35)25(37)33(28)17-42-33/h8-14,18-19,22-28,35-37,39-40H,15-17H2,1-7H3/b14-13+/t19-,22+,23-,24+,25+,26-,27+,28+,31+,32+,33?/m0/s1. The Morgan fingerprint density at radius 3 is 2.14 bits per heavy atom. The van der Waals surface area contributed by atoms with Crippen molar-refractivity contribution in [3.05, 3.63) is 48.0 Å². The van der Waals surface area contributed by atoms with Crippen LogP contribution in [0.15, 0.2) is 42.5 Å². The minimum atomic E-state index is -2.11. The van der Waals surface area contributed by atoms with Gasteiger partial charge in [0.2, 0.25) is 0 Å². The van der Waals surface area contributed by atoms with Crippen molar-refractivity contribution < 1.29 is 54.1 Å². The maximum Gasteiger partial charge on any atom is 0.338 e. The number of hydrogen-bond donors (Lipinski definition) is 5. The van der Waals surface area contributed by atoms with Gasteiger partial charge in [-0.15, -0.1) is 0 Å². The quantitative estimate of drug-likeness (QED) is 0.178. The van der Waals surface area contributed by atoms with Crippen LogP contribution in [-0.4, -0.2) is 104 Å². The van der Waals surface area contributed by atoms with E-state index in [-0.39, 0.29) is 24.7 Å². The first-order valence-electron chi connectivity index (χ1n) is 15.2. The summed E-state index contributed by atoms with van der Waals surface area (Å²) in [5.74, 6) is -3.54. The molecule has 246 valence electrons. The van der Waals surface area contributed by atoms with Crippen molar-refractivity contribution in [2.24, 2.45) is 23.2 Å². The van der Waals surface area contributed by atoms with Gasteiger partial charge in [-0.05, 0) is 25.0 Å². The highest BCUT2D eigenvalue weighted by Crippen LogP contribution is 2.56. The highest BCUT2D eigenvalue weighted by molar-refractivity contribution is 5.89. The van der Waals surface area contributed by atoms with Crippen molar-refractivity contribution in [1.82, 2.24) is 0 Å². The van der Waals surface area contributed by atoms with Gasteiger partial charge in [0.05, 0.1) is 24.2 Å². The monoisotopic (exact) mass is 620 g/mol. The maximum atomic E-state index is 13.5. The van der Waals surface area contributed by atoms with Crippen molar-refractivity contribution in [1.29, 1.82) is 0 Å². The van der Waals surface area contributed by atoms with Gasteiger partial charge in [0.25, 0.3) is 0 Å². The number of benzene rings is 1. The van der Waals surface area contributed by atoms with E-state index in [9.17, 15) is 35.1 Å². The molecule has 11 atom stereocenters. The van der Waals surface area contributed by atoms with Gasteiger partial charge in [-0.1, -0.05) is 65.0 Å². The Morgan fingerprint density at radius 1 is 0.977 bits per heavy atom. The molecule has 11 nitrogen and oxygen atoms in total. The summed E-state index contributed by atoms with van der Waals surface area (Å²) in [6.07, 6.45) is -6.01. The molecule has 0 radical (unpaired) electrons. The first-order chi connectivity index (χ1) is 20.4. The Labute approximate surface area is 258 Å². The molecule has 1 spiro atoms. The smallest absolute Gasteiger partial charge is 0.338 e. The maximum absolute atomic E-state index is 13.5. The topological polar surface area (TPSA) is 176 Å². The van der Waals surface area contributed by atoms with E-state index in [1.807, 2.05) is 13.8 Å². The van der Waals surface area contributed by atoms with E-state index >= 15 is 0 Å². The third kappa shape index (κ3) is 6.46. The van der Waals surface area contributed by atoms with Crippen LogP contribution in [0.3, 0.4) is 0 Å². The summed E-state index contributed by atoms with van der Waals surface area (Å²) in [6, 6.07) is 8.25. The van der Waals surface area contributed by atoms with Crippen LogP contribution in [0.5, 0.6) is 0 Å². The van der Waals surface area contributed by atoms with Crippen molar-refractivity contribution in [3.63, 3.8) is 0 Å². The molecular weight excluding hydrogens is 572 g/mol. The fourth-order valence-corrected chi connectivity index (χ4v) is 6.89. The van der Waals surface area contributed by atoms with E-state index in [1.54, 1.807) is 63.3 Å². The Bertz CT molecular complexity index is 1210. The number of rotatable bonds is 6. The van der Waals surface area contributed by atoms with Crippen LogP contribution >= 0.6 is 0 Å². The lowest BCUT2D eigenvalue weighted by molar-refractivity contribution is -0.209. The van der Waals surface area contributed by atoms with E-state index in [2.05, 4.69) is 0 Å². The first kappa shape index (κ1) is 34.5. The van der Waals surface area contributed by atoms with Gasteiger partial charge in [-0.25, -0.2) is 4.79 Å². The summed E-state index contributed by atoms with van der Waals surface area (Å²) >= 11 is 0. The summed E-state index contributed by atoms with van der Waals surface area (Å²) in [7, 11) is 0. The molecule has 2 aliphatic carbocycles. The number of hydrogen-bond acceptors (Lipinski definition) is 11. The Morgan fingerprint density at radius 2 is 1.59 bits per heavy atom. The second kappa shape index (κ2) is 12.4. The van der Waals surface area contributed by atoms with Crippen LogP contribution in [-0.2, 0) is 23.7 Å². The van der Waals surface area contributed by atoms with Crippen LogP contribution in [0.1, 0.15) is 65.2 Å². The lowest BCUT2D eigenvalue weighted by Gasteiger charge is -2.46. The fraction of sp³-hybridized carbons (Fsp3) is 0.697. The molecule has 1 aromatic carbocycles. The SMILES string of the molecule is CC(=O)O[C@@H]1[C@@H]2[C@@H](OCC(C)C)C3(CO3)[C@H](O)[C@@H](O)[C@@H](O)C(C)(C)/C=C/[C@H](C)[C@H](OC(=O)c3ccccc3)[C@@]2(O)C[C@@]1(C)O. The molecule has 2 fully saturated rings. The fourth-order valence-electron chi connectivity index (χ4n) is 6.89. The average Bonchev–Trinajstić information content (AvgIpc) is 3.72. The molecular formula is C33H48O11. The van der Waals surface area contributed by atoms with E-state index in [0.717, 1.165) is 0 Å². The first-order valence-corrected chi connectivity index (χ1v) is 15.2. The average molecular weight is 621 g/mol. The molecule has 1 saturated carbocycles. The Kier molecular flexibility index (Phi) is 9.74. The van der Waals surface area contributed by atoms with Gasteiger partial charge >= 0.3 is 11.9 Å². The van der Waals surface area contributed by atoms with Crippen LogP contribution in [0.4, 0.5) is 0 Å². The highest BCUT2D eigenvalue weighted by Gasteiger charge is 2.74. The number of carbonyl (C=O) groups is 2. The number of aliphatic hydroxyl groups excluding tert-OH is 3. The molecule has 1 aromatic rings. The van der Waals surface area contributed by atoms with E-state index < -0.39 is 89.0 Å². The summed E-state index contributed by atoms with van der Waals surface area (Å²) in [5.41, 5.74) is -6.46. The summed E-state index contributed by atoms with van der Waals surface area (Å²) < 4.78 is 24.1. The van der Waals surface area contributed by atoms with Gasteiger partial charge in [-0.2, -0.15) is 0 Å². The molecule has 0 amide bonds. The number of carbonyl (C=O) groups excluding carboxylic acids is 2. The van der Waals surface area contributed by atoms with Crippen LogP contribution in [0, 0.1) is 23.2 Å². The predicted octanol–water partition coefficient (Wildman–Crippen LogP) is 1.77. The number of esters is 2. The van der Waals surface area contributed by atoms with Crippen LogP contribution in [0.2, 0.25) is 0 Å². The van der Waals surface area contributed by atoms with E-state index in [0.29, 0.717) is 0 Å². The van der Waals surface area contributed by atoms with Gasteiger partial charge in [0, 0.05) is 31.3 Å². The third-order valence-electron chi connectivity index (χ3n) is 9.30. The number of fused-ring (bicyclic) bond motifs is 1. The lowest BCUT2D eigenvalue weighted by atomic mass is 9.69. The Hall–Kier alpha value is -2.38. The van der Waals surface area contributed by atoms with Gasteiger partial charge in [0.1, 0.15) is 47.3 Å². The van der Waals surface area contributed by atoms with Crippen LogP contribution in [0.25, 0.3) is 0 Å². The summed E-state index contributed by atoms with van der Waals surface area (Å²) in [5, 5.41) is 58.8. The number of epoxide rings is 1. The predicted molar refractivity (Wildman–Crippen MR) is 158 cm³/mol. The molecule has 3 aliphatic rings. The summed E-state index contributed by atoms with van der Waals surface area (Å²) in [6.45, 7) is 11.4. The van der Waals surface area contributed by atoms with E-state index in [4.69, 9.17) is 18.9 Å². The second-order valence-corrected chi connectivity index (χ2v) is 14.1. The number of aliphatic hydroxyl groups is 5. The van der Waals surface area contributed by atoms with E-state index in [1.165, 1.54) is 13.8 Å². The zero-order valence-corrected chi connectivity index (χ0v) is 26.5. The molecule has 4 rings (SSSR count). The zero-order valence-electron chi connectivity index (χ0n) is 26.5.